The number of nitrogens with zero attached hydrogens (tertiary/aromatic N) is 1. The van der Waals surface area contributed by atoms with Gasteiger partial charge in [0.25, 0.3) is 0 Å². The number of nitrogens with one attached hydrogen (secondary N) is 1. The Morgan fingerprint density at radius 1 is 1.17 bits per heavy atom. The van der Waals surface area contributed by atoms with Crippen molar-refractivity contribution in [1.82, 2.24) is 10.2 Å². The lowest BCUT2D eigenvalue weighted by Gasteiger charge is -2.29. The third-order valence-electron chi connectivity index (χ3n) is 3.39. The van der Waals surface area contributed by atoms with Gasteiger partial charge in [0.15, 0.2) is 0 Å². The Balaban J connectivity index is 4.41. The molecule has 0 aromatic carbocycles. The molecule has 1 unspecified atom stereocenters. The van der Waals surface area contributed by atoms with Gasteiger partial charge in [-0.15, -0.1) is 0 Å². The molecule has 0 aromatic rings. The van der Waals surface area contributed by atoms with Crippen molar-refractivity contribution in [2.45, 2.75) is 59.5 Å². The standard InChI is InChI=1S/C14H30N2O2/c1-6-12(7-2)9-16(8-3)10-13(14(17)18)15-11(4)5/h11-13,15H,6-10H2,1-5H3,(H,17,18). The first kappa shape index (κ1) is 17.4. The van der Waals surface area contributed by atoms with Gasteiger partial charge in [-0.05, 0) is 12.5 Å². The second-order valence-electron chi connectivity index (χ2n) is 5.25. The number of carboxylic acid groups (broad SMARTS) is 1. The maximum atomic E-state index is 11.2. The van der Waals surface area contributed by atoms with E-state index in [1.54, 1.807) is 0 Å². The molecular formula is C14H30N2O2. The molecule has 0 spiro atoms. The molecule has 0 saturated heterocycles. The number of aliphatic carboxylic acids is 1. The molecule has 2 N–H and O–H groups in total. The molecule has 0 heterocycles. The van der Waals surface area contributed by atoms with Gasteiger partial charge >= 0.3 is 5.97 Å². The van der Waals surface area contributed by atoms with Gasteiger partial charge in [-0.2, -0.15) is 0 Å². The third-order valence-corrected chi connectivity index (χ3v) is 3.39. The first-order chi connectivity index (χ1) is 8.44. The Labute approximate surface area is 112 Å². The van der Waals surface area contributed by atoms with Gasteiger partial charge < -0.3 is 15.3 Å². The van der Waals surface area contributed by atoms with E-state index >= 15 is 0 Å². The summed E-state index contributed by atoms with van der Waals surface area (Å²) in [5, 5.41) is 12.3. The Hall–Kier alpha value is -0.610. The number of hydrogen-bond acceptors (Lipinski definition) is 3. The topological polar surface area (TPSA) is 52.6 Å². The number of carboxylic acids is 1. The molecule has 108 valence electrons. The van der Waals surface area contributed by atoms with E-state index in [1.165, 1.54) is 0 Å². The molecule has 0 saturated carbocycles. The highest BCUT2D eigenvalue weighted by molar-refractivity contribution is 5.73. The summed E-state index contributed by atoms with van der Waals surface area (Å²) in [7, 11) is 0. The van der Waals surface area contributed by atoms with Gasteiger partial charge in [-0.1, -0.05) is 47.5 Å². The molecule has 18 heavy (non-hydrogen) atoms. The Morgan fingerprint density at radius 3 is 2.06 bits per heavy atom. The molecule has 0 aliphatic heterocycles. The molecule has 0 aliphatic rings. The van der Waals surface area contributed by atoms with Crippen LogP contribution >= 0.6 is 0 Å². The Morgan fingerprint density at radius 2 is 1.72 bits per heavy atom. The summed E-state index contributed by atoms with van der Waals surface area (Å²) in [6, 6.07) is -0.280. The molecule has 0 fully saturated rings. The van der Waals surface area contributed by atoms with Crippen molar-refractivity contribution in [3.63, 3.8) is 0 Å². The number of carbonyl (C=O) groups is 1. The Kier molecular flexibility index (Phi) is 9.02. The molecule has 0 bridgehead atoms. The summed E-state index contributed by atoms with van der Waals surface area (Å²) in [4.78, 5) is 13.5. The summed E-state index contributed by atoms with van der Waals surface area (Å²) in [5.74, 6) is -0.0925. The van der Waals surface area contributed by atoms with Crippen molar-refractivity contribution < 1.29 is 9.90 Å². The van der Waals surface area contributed by atoms with E-state index in [0.29, 0.717) is 12.5 Å². The van der Waals surface area contributed by atoms with Gasteiger partial charge in [-0.25, -0.2) is 0 Å². The van der Waals surface area contributed by atoms with Gasteiger partial charge in [-0.3, -0.25) is 4.79 Å². The normalized spacial score (nSPS) is 13.6. The van der Waals surface area contributed by atoms with E-state index in [9.17, 15) is 9.90 Å². The molecule has 0 radical (unpaired) electrons. The van der Waals surface area contributed by atoms with E-state index in [0.717, 1.165) is 25.9 Å². The van der Waals surface area contributed by atoms with Crippen molar-refractivity contribution in [3.8, 4) is 0 Å². The average molecular weight is 258 g/mol. The van der Waals surface area contributed by atoms with Crippen LogP contribution in [0.3, 0.4) is 0 Å². The first-order valence-electron chi connectivity index (χ1n) is 7.15. The zero-order valence-corrected chi connectivity index (χ0v) is 12.6. The minimum Gasteiger partial charge on any atom is -0.480 e. The van der Waals surface area contributed by atoms with Crippen LogP contribution in [0.4, 0.5) is 0 Å². The monoisotopic (exact) mass is 258 g/mol. The van der Waals surface area contributed by atoms with Crippen molar-refractivity contribution in [1.29, 1.82) is 0 Å². The summed E-state index contributed by atoms with van der Waals surface area (Å²) in [6.45, 7) is 12.9. The van der Waals surface area contributed by atoms with E-state index in [4.69, 9.17) is 0 Å². The van der Waals surface area contributed by atoms with Crippen molar-refractivity contribution in [2.24, 2.45) is 5.92 Å². The molecule has 0 aromatic heterocycles. The van der Waals surface area contributed by atoms with Crippen LogP contribution in [0.25, 0.3) is 0 Å². The van der Waals surface area contributed by atoms with E-state index in [1.807, 2.05) is 13.8 Å². The van der Waals surface area contributed by atoms with Crippen molar-refractivity contribution in [2.75, 3.05) is 19.6 Å². The lowest BCUT2D eigenvalue weighted by atomic mass is 10.0. The fraction of sp³-hybridized carbons (Fsp3) is 0.929. The molecule has 4 heteroatoms. The predicted molar refractivity (Wildman–Crippen MR) is 75.9 cm³/mol. The van der Waals surface area contributed by atoms with E-state index in [2.05, 4.69) is 31.0 Å². The smallest absolute Gasteiger partial charge is 0.322 e. The fourth-order valence-electron chi connectivity index (χ4n) is 2.11. The molecule has 0 rings (SSSR count). The van der Waals surface area contributed by atoms with Crippen LogP contribution in [0, 0.1) is 5.92 Å². The van der Waals surface area contributed by atoms with E-state index in [-0.39, 0.29) is 6.04 Å². The summed E-state index contributed by atoms with van der Waals surface area (Å²) in [5.41, 5.74) is 0. The van der Waals surface area contributed by atoms with Crippen LogP contribution in [0.2, 0.25) is 0 Å². The summed E-state index contributed by atoms with van der Waals surface area (Å²) >= 11 is 0. The predicted octanol–water partition coefficient (Wildman–Crippen LogP) is 2.20. The van der Waals surface area contributed by atoms with Gasteiger partial charge in [0, 0.05) is 19.1 Å². The largest absolute Gasteiger partial charge is 0.480 e. The van der Waals surface area contributed by atoms with Crippen LogP contribution in [-0.4, -0.2) is 47.7 Å². The maximum absolute atomic E-state index is 11.2. The first-order valence-corrected chi connectivity index (χ1v) is 7.15. The highest BCUT2D eigenvalue weighted by atomic mass is 16.4. The second-order valence-corrected chi connectivity index (χ2v) is 5.25. The number of hydrogen-bond donors (Lipinski definition) is 2. The maximum Gasteiger partial charge on any atom is 0.322 e. The van der Waals surface area contributed by atoms with Crippen molar-refractivity contribution >= 4 is 5.97 Å². The summed E-state index contributed by atoms with van der Waals surface area (Å²) in [6.07, 6.45) is 2.31. The zero-order valence-electron chi connectivity index (χ0n) is 12.6. The molecule has 1 atom stereocenters. The minimum absolute atomic E-state index is 0.193. The SMILES string of the molecule is CCC(CC)CN(CC)CC(NC(C)C)C(=O)O. The van der Waals surface area contributed by atoms with E-state index < -0.39 is 12.0 Å². The minimum atomic E-state index is -0.758. The van der Waals surface area contributed by atoms with Crippen LogP contribution < -0.4 is 5.32 Å². The van der Waals surface area contributed by atoms with Crippen LogP contribution in [0.5, 0.6) is 0 Å². The van der Waals surface area contributed by atoms with Crippen LogP contribution in [0.15, 0.2) is 0 Å². The lowest BCUT2D eigenvalue weighted by molar-refractivity contribution is -0.140. The lowest BCUT2D eigenvalue weighted by Crippen LogP contribution is -2.49. The fourth-order valence-corrected chi connectivity index (χ4v) is 2.11. The van der Waals surface area contributed by atoms with Crippen LogP contribution in [0.1, 0.15) is 47.5 Å². The van der Waals surface area contributed by atoms with Crippen LogP contribution in [-0.2, 0) is 4.79 Å². The molecule has 4 nitrogen and oxygen atoms in total. The zero-order chi connectivity index (χ0) is 14.1. The van der Waals surface area contributed by atoms with Gasteiger partial charge in [0.2, 0.25) is 0 Å². The molecular weight excluding hydrogens is 228 g/mol. The third kappa shape index (κ3) is 6.97. The molecule has 0 amide bonds. The Bertz CT molecular complexity index is 228. The second kappa shape index (κ2) is 9.34. The summed E-state index contributed by atoms with van der Waals surface area (Å²) < 4.78 is 0. The average Bonchev–Trinajstić information content (AvgIpc) is 2.32. The number of likely N-dealkylation sites (N-methyl/N-ethyl adjacent to an activating group) is 1. The molecule has 0 aliphatic carbocycles. The van der Waals surface area contributed by atoms with Crippen molar-refractivity contribution in [3.05, 3.63) is 0 Å². The highest BCUT2D eigenvalue weighted by Gasteiger charge is 2.21. The van der Waals surface area contributed by atoms with Gasteiger partial charge in [0.1, 0.15) is 6.04 Å². The van der Waals surface area contributed by atoms with Gasteiger partial charge in [0.05, 0.1) is 0 Å². The quantitative estimate of drug-likeness (QED) is 0.631. The number of rotatable bonds is 10. The highest BCUT2D eigenvalue weighted by Crippen LogP contribution is 2.10.